The molecule has 3 atom stereocenters. The first-order valence-electron chi connectivity index (χ1n) is 10.7. The number of benzene rings is 2. The fourth-order valence-corrected chi connectivity index (χ4v) is 4.40. The van der Waals surface area contributed by atoms with E-state index in [1.807, 2.05) is 48.5 Å². The Balaban J connectivity index is 1.44. The number of carboxylic acids is 1. The summed E-state index contributed by atoms with van der Waals surface area (Å²) < 4.78 is 0. The summed E-state index contributed by atoms with van der Waals surface area (Å²) in [4.78, 5) is 51.4. The standard InChI is InChI=1S/C24H25N3O5/c1-14(25-20(28)12-15-6-3-2-4-7-15)22(29)26-18-11-10-16-8-5-9-17-13-19(24(31)32)27(21(16)17)23(18)30/h2-9,14,18-19H,10-13H2,1H3,(H,25,28)(H,26,29)(H,31,32)/t14-,18-,19-/m0/s1. The molecule has 0 spiro atoms. The molecule has 8 heteroatoms. The minimum Gasteiger partial charge on any atom is -0.480 e. The van der Waals surface area contributed by atoms with Crippen molar-refractivity contribution in [2.45, 2.75) is 50.7 Å². The van der Waals surface area contributed by atoms with Gasteiger partial charge >= 0.3 is 5.97 Å². The van der Waals surface area contributed by atoms with Crippen molar-refractivity contribution in [2.75, 3.05) is 4.90 Å². The van der Waals surface area contributed by atoms with E-state index < -0.39 is 35.9 Å². The highest BCUT2D eigenvalue weighted by atomic mass is 16.4. The first-order chi connectivity index (χ1) is 15.3. The average molecular weight is 435 g/mol. The summed E-state index contributed by atoms with van der Waals surface area (Å²) >= 11 is 0. The number of carbonyl (C=O) groups is 4. The Kier molecular flexibility index (Phi) is 5.94. The van der Waals surface area contributed by atoms with Gasteiger partial charge in [0.15, 0.2) is 0 Å². The van der Waals surface area contributed by atoms with E-state index in [1.165, 1.54) is 4.90 Å². The van der Waals surface area contributed by atoms with Crippen LogP contribution in [0.3, 0.4) is 0 Å². The number of carboxylic acid groups (broad SMARTS) is 1. The van der Waals surface area contributed by atoms with E-state index in [2.05, 4.69) is 10.6 Å². The Morgan fingerprint density at radius 1 is 1.09 bits per heavy atom. The highest BCUT2D eigenvalue weighted by Gasteiger charge is 2.44. The van der Waals surface area contributed by atoms with Gasteiger partial charge in [-0.3, -0.25) is 19.3 Å². The summed E-state index contributed by atoms with van der Waals surface area (Å²) in [7, 11) is 0. The van der Waals surface area contributed by atoms with Crippen LogP contribution in [0.2, 0.25) is 0 Å². The number of nitrogens with one attached hydrogen (secondary N) is 2. The maximum absolute atomic E-state index is 13.3. The van der Waals surface area contributed by atoms with Gasteiger partial charge in [-0.15, -0.1) is 0 Å². The summed E-state index contributed by atoms with van der Waals surface area (Å²) in [6.07, 6.45) is 1.29. The molecule has 3 amide bonds. The van der Waals surface area contributed by atoms with Crippen molar-refractivity contribution in [2.24, 2.45) is 0 Å². The minimum absolute atomic E-state index is 0.146. The van der Waals surface area contributed by atoms with Crippen molar-refractivity contribution >= 4 is 29.4 Å². The van der Waals surface area contributed by atoms with E-state index >= 15 is 0 Å². The van der Waals surface area contributed by atoms with Gasteiger partial charge in [0.25, 0.3) is 0 Å². The van der Waals surface area contributed by atoms with Crippen LogP contribution in [-0.4, -0.2) is 46.9 Å². The zero-order valence-electron chi connectivity index (χ0n) is 17.7. The molecule has 2 heterocycles. The zero-order chi connectivity index (χ0) is 22.8. The molecule has 0 radical (unpaired) electrons. The van der Waals surface area contributed by atoms with Gasteiger partial charge in [-0.1, -0.05) is 48.5 Å². The lowest BCUT2D eigenvalue weighted by molar-refractivity contribution is -0.140. The molecule has 0 aliphatic carbocycles. The molecule has 0 bridgehead atoms. The van der Waals surface area contributed by atoms with Crippen LogP contribution in [0.4, 0.5) is 5.69 Å². The Morgan fingerprint density at radius 3 is 2.53 bits per heavy atom. The second-order valence-electron chi connectivity index (χ2n) is 8.24. The third kappa shape index (κ3) is 4.21. The molecule has 2 aliphatic rings. The fourth-order valence-electron chi connectivity index (χ4n) is 4.40. The Hall–Kier alpha value is -3.68. The lowest BCUT2D eigenvalue weighted by Gasteiger charge is -2.27. The molecule has 0 saturated heterocycles. The number of hydrogen-bond donors (Lipinski definition) is 3. The number of rotatable bonds is 6. The van der Waals surface area contributed by atoms with Gasteiger partial charge in [0.1, 0.15) is 18.1 Å². The molecular formula is C24H25N3O5. The molecule has 3 N–H and O–H groups in total. The monoisotopic (exact) mass is 435 g/mol. The van der Waals surface area contributed by atoms with Crippen LogP contribution in [0.5, 0.6) is 0 Å². The Labute approximate surface area is 185 Å². The summed E-state index contributed by atoms with van der Waals surface area (Å²) in [6, 6.07) is 12.1. The molecule has 8 nitrogen and oxygen atoms in total. The molecule has 0 saturated carbocycles. The predicted octanol–water partition coefficient (Wildman–Crippen LogP) is 1.21. The Morgan fingerprint density at radius 2 is 1.81 bits per heavy atom. The molecule has 2 aromatic carbocycles. The minimum atomic E-state index is -1.07. The smallest absolute Gasteiger partial charge is 0.327 e. The van der Waals surface area contributed by atoms with Gasteiger partial charge in [0, 0.05) is 6.42 Å². The van der Waals surface area contributed by atoms with Crippen molar-refractivity contribution in [3.05, 3.63) is 65.2 Å². The molecular weight excluding hydrogens is 410 g/mol. The van der Waals surface area contributed by atoms with Crippen LogP contribution >= 0.6 is 0 Å². The number of carbonyl (C=O) groups excluding carboxylic acids is 3. The predicted molar refractivity (Wildman–Crippen MR) is 117 cm³/mol. The van der Waals surface area contributed by atoms with Crippen LogP contribution < -0.4 is 15.5 Å². The van der Waals surface area contributed by atoms with Crippen LogP contribution in [0.25, 0.3) is 0 Å². The molecule has 2 aliphatic heterocycles. The van der Waals surface area contributed by atoms with Crippen molar-refractivity contribution in [3.63, 3.8) is 0 Å². The van der Waals surface area contributed by atoms with Crippen LogP contribution in [0.1, 0.15) is 30.0 Å². The number of nitrogens with zero attached hydrogens (tertiary/aromatic N) is 1. The lowest BCUT2D eigenvalue weighted by atomic mass is 10.0. The highest BCUT2D eigenvalue weighted by molar-refractivity contribution is 6.07. The van der Waals surface area contributed by atoms with E-state index in [0.717, 1.165) is 16.7 Å². The number of hydrogen-bond acceptors (Lipinski definition) is 4. The van der Waals surface area contributed by atoms with Gasteiger partial charge in [0.2, 0.25) is 17.7 Å². The number of aliphatic carboxylic acids is 1. The molecule has 0 unspecified atom stereocenters. The number of aryl methyl sites for hydroxylation is 1. The third-order valence-electron chi connectivity index (χ3n) is 5.99. The van der Waals surface area contributed by atoms with Crippen LogP contribution in [0.15, 0.2) is 48.5 Å². The third-order valence-corrected chi connectivity index (χ3v) is 5.99. The topological polar surface area (TPSA) is 116 Å². The summed E-state index contributed by atoms with van der Waals surface area (Å²) in [5.41, 5.74) is 3.22. The zero-order valence-corrected chi connectivity index (χ0v) is 17.7. The van der Waals surface area contributed by atoms with E-state index in [0.29, 0.717) is 18.5 Å². The summed E-state index contributed by atoms with van der Waals surface area (Å²) in [5.74, 6) is -2.29. The quantitative estimate of drug-likeness (QED) is 0.631. The average Bonchev–Trinajstić information content (AvgIpc) is 3.11. The van der Waals surface area contributed by atoms with Gasteiger partial charge in [0.05, 0.1) is 12.1 Å². The van der Waals surface area contributed by atoms with Crippen molar-refractivity contribution in [1.29, 1.82) is 0 Å². The van der Waals surface area contributed by atoms with Crippen molar-refractivity contribution < 1.29 is 24.3 Å². The second kappa shape index (κ2) is 8.82. The van der Waals surface area contributed by atoms with Crippen molar-refractivity contribution in [1.82, 2.24) is 10.6 Å². The van der Waals surface area contributed by atoms with Gasteiger partial charge in [-0.05, 0) is 36.5 Å². The maximum Gasteiger partial charge on any atom is 0.327 e. The molecule has 2 aromatic rings. The van der Waals surface area contributed by atoms with Crippen molar-refractivity contribution in [3.8, 4) is 0 Å². The van der Waals surface area contributed by atoms with Crippen LogP contribution in [-0.2, 0) is 38.4 Å². The number of para-hydroxylation sites is 1. The van der Waals surface area contributed by atoms with E-state index in [4.69, 9.17) is 0 Å². The first kappa shape index (κ1) is 21.5. The number of anilines is 1. The van der Waals surface area contributed by atoms with Gasteiger partial charge in [-0.25, -0.2) is 4.79 Å². The second-order valence-corrected chi connectivity index (χ2v) is 8.24. The van der Waals surface area contributed by atoms with E-state index in [1.54, 1.807) is 6.92 Å². The van der Waals surface area contributed by atoms with Gasteiger partial charge in [-0.2, -0.15) is 0 Å². The summed E-state index contributed by atoms with van der Waals surface area (Å²) in [6.45, 7) is 1.56. The van der Waals surface area contributed by atoms with Crippen LogP contribution in [0, 0.1) is 0 Å². The largest absolute Gasteiger partial charge is 0.480 e. The molecule has 4 rings (SSSR count). The molecule has 166 valence electrons. The molecule has 0 aromatic heterocycles. The highest BCUT2D eigenvalue weighted by Crippen LogP contribution is 2.39. The first-order valence-corrected chi connectivity index (χ1v) is 10.7. The molecule has 32 heavy (non-hydrogen) atoms. The SMILES string of the molecule is C[C@H](NC(=O)Cc1ccccc1)C(=O)N[C@H]1CCc2cccc3c2N(C1=O)[C@H](C(=O)O)C3. The lowest BCUT2D eigenvalue weighted by Crippen LogP contribution is -2.55. The number of amides is 3. The van der Waals surface area contributed by atoms with Gasteiger partial charge < -0.3 is 15.7 Å². The van der Waals surface area contributed by atoms with E-state index in [9.17, 15) is 24.3 Å². The normalized spacial score (nSPS) is 20.2. The van der Waals surface area contributed by atoms with E-state index in [-0.39, 0.29) is 18.7 Å². The summed E-state index contributed by atoms with van der Waals surface area (Å²) in [5, 5.41) is 15.0. The Bertz CT molecular complexity index is 1070. The maximum atomic E-state index is 13.3. The fraction of sp³-hybridized carbons (Fsp3) is 0.333. The molecule has 0 fully saturated rings.